The Bertz CT molecular complexity index is 1350. The SMILES string of the molecule is C[C@H](CN[C@H](C(=O)Nc1ccc(Cl)cc1)c1ccccc1)N[C@H](C(=O)Nc1ccc(Cl)cc1)c1ccccc1. The fraction of sp³-hybridized carbons (Fsp3) is 0.161. The Hall–Kier alpha value is -3.68. The second-order valence-electron chi connectivity index (χ2n) is 9.16. The number of rotatable bonds is 11. The van der Waals surface area contributed by atoms with E-state index < -0.39 is 12.1 Å². The minimum Gasteiger partial charge on any atom is -0.324 e. The van der Waals surface area contributed by atoms with Gasteiger partial charge in [0.25, 0.3) is 0 Å². The van der Waals surface area contributed by atoms with Crippen molar-refractivity contribution in [3.8, 4) is 0 Å². The van der Waals surface area contributed by atoms with E-state index in [9.17, 15) is 9.59 Å². The first-order chi connectivity index (χ1) is 18.9. The summed E-state index contributed by atoms with van der Waals surface area (Å²) in [6, 6.07) is 31.6. The number of hydrogen-bond acceptors (Lipinski definition) is 4. The molecule has 0 aliphatic rings. The molecular formula is C31H30Cl2N4O2. The molecular weight excluding hydrogens is 531 g/mol. The highest BCUT2D eigenvalue weighted by Gasteiger charge is 2.25. The van der Waals surface area contributed by atoms with Crippen LogP contribution in [-0.2, 0) is 9.59 Å². The number of nitrogens with one attached hydrogen (secondary N) is 4. The minimum atomic E-state index is -0.614. The van der Waals surface area contributed by atoms with Crippen LogP contribution in [0.2, 0.25) is 10.0 Å². The summed E-state index contributed by atoms with van der Waals surface area (Å²) in [6.07, 6.45) is 0. The lowest BCUT2D eigenvalue weighted by molar-refractivity contribution is -0.119. The molecule has 0 radical (unpaired) electrons. The summed E-state index contributed by atoms with van der Waals surface area (Å²) in [5, 5.41) is 13.9. The van der Waals surface area contributed by atoms with Crippen LogP contribution in [0.25, 0.3) is 0 Å². The normalized spacial score (nSPS) is 13.2. The van der Waals surface area contributed by atoms with E-state index in [4.69, 9.17) is 23.2 Å². The number of carbonyl (C=O) groups excluding carboxylic acids is 2. The molecule has 200 valence electrons. The van der Waals surface area contributed by atoms with Gasteiger partial charge in [-0.2, -0.15) is 0 Å². The summed E-state index contributed by atoms with van der Waals surface area (Å²) >= 11 is 12.0. The van der Waals surface area contributed by atoms with Gasteiger partial charge in [-0.05, 0) is 66.6 Å². The zero-order valence-electron chi connectivity index (χ0n) is 21.4. The summed E-state index contributed by atoms with van der Waals surface area (Å²) in [5.41, 5.74) is 2.97. The molecule has 0 spiro atoms. The molecule has 0 heterocycles. The van der Waals surface area contributed by atoms with Gasteiger partial charge in [0, 0.05) is 34.0 Å². The fourth-order valence-corrected chi connectivity index (χ4v) is 4.36. The first-order valence-corrected chi connectivity index (χ1v) is 13.4. The first-order valence-electron chi connectivity index (χ1n) is 12.6. The van der Waals surface area contributed by atoms with Crippen molar-refractivity contribution >= 4 is 46.4 Å². The average molecular weight is 562 g/mol. The summed E-state index contributed by atoms with van der Waals surface area (Å²) in [5.74, 6) is -0.397. The molecule has 3 atom stereocenters. The lowest BCUT2D eigenvalue weighted by Gasteiger charge is -2.26. The van der Waals surface area contributed by atoms with E-state index in [0.717, 1.165) is 11.1 Å². The second-order valence-corrected chi connectivity index (χ2v) is 10.0. The van der Waals surface area contributed by atoms with Gasteiger partial charge in [-0.25, -0.2) is 0 Å². The molecule has 4 aromatic carbocycles. The van der Waals surface area contributed by atoms with Gasteiger partial charge in [0.1, 0.15) is 12.1 Å². The number of carbonyl (C=O) groups is 2. The van der Waals surface area contributed by atoms with E-state index in [1.165, 1.54) is 0 Å². The second kappa shape index (κ2) is 13.9. The Morgan fingerprint density at radius 1 is 0.615 bits per heavy atom. The van der Waals surface area contributed by atoms with Gasteiger partial charge in [0.05, 0.1) is 0 Å². The van der Waals surface area contributed by atoms with Crippen LogP contribution in [0, 0.1) is 0 Å². The number of benzene rings is 4. The lowest BCUT2D eigenvalue weighted by Crippen LogP contribution is -2.45. The Labute approximate surface area is 238 Å². The monoisotopic (exact) mass is 560 g/mol. The molecule has 0 fully saturated rings. The van der Waals surface area contributed by atoms with Crippen LogP contribution in [0.4, 0.5) is 11.4 Å². The van der Waals surface area contributed by atoms with Crippen molar-refractivity contribution in [1.82, 2.24) is 10.6 Å². The highest BCUT2D eigenvalue weighted by molar-refractivity contribution is 6.31. The molecule has 2 amide bonds. The van der Waals surface area contributed by atoms with Gasteiger partial charge in [-0.15, -0.1) is 0 Å². The third-order valence-electron chi connectivity index (χ3n) is 6.09. The lowest BCUT2D eigenvalue weighted by atomic mass is 10.0. The van der Waals surface area contributed by atoms with Crippen molar-refractivity contribution in [3.63, 3.8) is 0 Å². The largest absolute Gasteiger partial charge is 0.324 e. The first kappa shape index (κ1) is 28.3. The van der Waals surface area contributed by atoms with E-state index in [1.54, 1.807) is 48.5 Å². The maximum Gasteiger partial charge on any atom is 0.246 e. The number of amides is 2. The fourth-order valence-electron chi connectivity index (χ4n) is 4.11. The zero-order chi connectivity index (χ0) is 27.6. The summed E-state index contributed by atoms with van der Waals surface area (Å²) < 4.78 is 0. The van der Waals surface area contributed by atoms with Crippen LogP contribution in [0.5, 0.6) is 0 Å². The minimum absolute atomic E-state index is 0.166. The van der Waals surface area contributed by atoms with Crippen molar-refractivity contribution < 1.29 is 9.59 Å². The van der Waals surface area contributed by atoms with Crippen molar-refractivity contribution in [3.05, 3.63) is 130 Å². The van der Waals surface area contributed by atoms with Crippen LogP contribution in [0.15, 0.2) is 109 Å². The maximum absolute atomic E-state index is 13.3. The number of halogens is 2. The van der Waals surface area contributed by atoms with Crippen molar-refractivity contribution in [2.75, 3.05) is 17.2 Å². The molecule has 0 aliphatic carbocycles. The zero-order valence-corrected chi connectivity index (χ0v) is 22.9. The molecule has 0 unspecified atom stereocenters. The molecule has 0 saturated heterocycles. The third kappa shape index (κ3) is 8.40. The van der Waals surface area contributed by atoms with Crippen molar-refractivity contribution in [2.45, 2.75) is 25.0 Å². The molecule has 0 aromatic heterocycles. The molecule has 4 rings (SSSR count). The average Bonchev–Trinajstić information content (AvgIpc) is 2.95. The van der Waals surface area contributed by atoms with Gasteiger partial charge in [0.2, 0.25) is 11.8 Å². The van der Waals surface area contributed by atoms with E-state index in [2.05, 4.69) is 21.3 Å². The van der Waals surface area contributed by atoms with Gasteiger partial charge >= 0.3 is 0 Å². The van der Waals surface area contributed by atoms with Crippen LogP contribution in [-0.4, -0.2) is 24.4 Å². The molecule has 0 aliphatic heterocycles. The Morgan fingerprint density at radius 3 is 1.49 bits per heavy atom. The molecule has 8 heteroatoms. The van der Waals surface area contributed by atoms with E-state index in [-0.39, 0.29) is 17.9 Å². The number of hydrogen-bond donors (Lipinski definition) is 4. The highest BCUT2D eigenvalue weighted by atomic mass is 35.5. The summed E-state index contributed by atoms with van der Waals surface area (Å²) in [6.45, 7) is 2.39. The molecule has 0 saturated carbocycles. The molecule has 0 bridgehead atoms. The van der Waals surface area contributed by atoms with Gasteiger partial charge in [0.15, 0.2) is 0 Å². The Morgan fingerprint density at radius 2 is 1.03 bits per heavy atom. The summed E-state index contributed by atoms with van der Waals surface area (Å²) in [4.78, 5) is 26.6. The Balaban J connectivity index is 1.46. The van der Waals surface area contributed by atoms with Crippen LogP contribution in [0.3, 0.4) is 0 Å². The molecule has 4 N–H and O–H groups in total. The molecule has 6 nitrogen and oxygen atoms in total. The topological polar surface area (TPSA) is 82.3 Å². The standard InChI is InChI=1S/C31H30Cl2N4O2/c1-21(35-29(23-10-6-3-7-11-23)31(39)37-27-18-14-25(33)15-19-27)20-34-28(22-8-4-2-5-9-22)30(38)36-26-16-12-24(32)13-17-26/h2-19,21,28-29,34-35H,20H2,1H3,(H,36,38)(H,37,39)/t21-,28+,29+/m1/s1. The molecule has 39 heavy (non-hydrogen) atoms. The van der Waals surface area contributed by atoms with E-state index in [0.29, 0.717) is 28.0 Å². The quantitative estimate of drug-likeness (QED) is 0.166. The Kier molecular flexibility index (Phi) is 10.1. The third-order valence-corrected chi connectivity index (χ3v) is 6.60. The van der Waals surface area contributed by atoms with Crippen LogP contribution >= 0.6 is 23.2 Å². The van der Waals surface area contributed by atoms with E-state index >= 15 is 0 Å². The predicted molar refractivity (Wildman–Crippen MR) is 159 cm³/mol. The van der Waals surface area contributed by atoms with Gasteiger partial charge in [-0.3, -0.25) is 14.9 Å². The van der Waals surface area contributed by atoms with E-state index in [1.807, 2.05) is 67.6 Å². The van der Waals surface area contributed by atoms with Crippen LogP contribution in [0.1, 0.15) is 30.1 Å². The predicted octanol–water partition coefficient (Wildman–Crippen LogP) is 6.62. The van der Waals surface area contributed by atoms with Crippen molar-refractivity contribution in [2.24, 2.45) is 0 Å². The smallest absolute Gasteiger partial charge is 0.246 e. The highest BCUT2D eigenvalue weighted by Crippen LogP contribution is 2.20. The summed E-state index contributed by atoms with van der Waals surface area (Å²) in [7, 11) is 0. The molecule has 4 aromatic rings. The van der Waals surface area contributed by atoms with Gasteiger partial charge < -0.3 is 16.0 Å². The number of anilines is 2. The van der Waals surface area contributed by atoms with Gasteiger partial charge in [-0.1, -0.05) is 83.9 Å². The van der Waals surface area contributed by atoms with Crippen LogP contribution < -0.4 is 21.3 Å². The maximum atomic E-state index is 13.3. The van der Waals surface area contributed by atoms with Crippen molar-refractivity contribution in [1.29, 1.82) is 0 Å².